The van der Waals surface area contributed by atoms with Crippen molar-refractivity contribution < 1.29 is 13.3 Å². The first-order valence-corrected chi connectivity index (χ1v) is 11.0. The molecule has 0 radical (unpaired) electrons. The van der Waals surface area contributed by atoms with E-state index in [1.807, 2.05) is 0 Å². The number of sulfonamides is 1. The molecule has 0 aromatic heterocycles. The topological polar surface area (TPSA) is 87.0 Å². The predicted molar refractivity (Wildman–Crippen MR) is 103 cm³/mol. The molecule has 0 aliphatic carbocycles. The molecular weight excluding hydrogens is 368 g/mol. The highest BCUT2D eigenvalue weighted by Gasteiger charge is 2.30. The van der Waals surface area contributed by atoms with Crippen LogP contribution in [0.25, 0.3) is 0 Å². The van der Waals surface area contributed by atoms with Crippen molar-refractivity contribution in [3.05, 3.63) is 33.9 Å². The van der Waals surface area contributed by atoms with Crippen molar-refractivity contribution in [3.63, 3.8) is 0 Å². The highest BCUT2D eigenvalue weighted by molar-refractivity contribution is 7.89. The summed E-state index contributed by atoms with van der Waals surface area (Å²) < 4.78 is 27.4. The van der Waals surface area contributed by atoms with Crippen molar-refractivity contribution in [2.45, 2.75) is 31.1 Å². The Hall–Kier alpha value is -1.55. The summed E-state index contributed by atoms with van der Waals surface area (Å²) >= 11 is 0. The van der Waals surface area contributed by atoms with Gasteiger partial charge in [-0.15, -0.1) is 0 Å². The lowest BCUT2D eigenvalue weighted by Gasteiger charge is -2.36. The van der Waals surface area contributed by atoms with E-state index in [1.54, 1.807) is 6.92 Å². The van der Waals surface area contributed by atoms with Gasteiger partial charge in [-0.3, -0.25) is 15.0 Å². The summed E-state index contributed by atoms with van der Waals surface area (Å²) in [7, 11) is -3.72. The maximum Gasteiger partial charge on any atom is 0.270 e. The van der Waals surface area contributed by atoms with Gasteiger partial charge in [-0.25, -0.2) is 8.42 Å². The molecule has 2 aliphatic rings. The molecule has 0 spiro atoms. The number of nitro benzene ring substituents is 1. The number of nitro groups is 1. The van der Waals surface area contributed by atoms with Gasteiger partial charge in [0.15, 0.2) is 0 Å². The average molecular weight is 397 g/mol. The smallest absolute Gasteiger partial charge is 0.270 e. The Labute approximate surface area is 160 Å². The van der Waals surface area contributed by atoms with Crippen LogP contribution < -0.4 is 0 Å². The molecule has 2 saturated heterocycles. The van der Waals surface area contributed by atoms with Gasteiger partial charge in [-0.1, -0.05) is 12.5 Å². The van der Waals surface area contributed by atoms with Crippen molar-refractivity contribution >= 4 is 15.7 Å². The molecule has 0 amide bonds. The summed E-state index contributed by atoms with van der Waals surface area (Å²) in [6, 6.07) is 4.01. The largest absolute Gasteiger partial charge is 0.302 e. The van der Waals surface area contributed by atoms with Crippen LogP contribution in [0.4, 0.5) is 5.69 Å². The number of benzene rings is 1. The van der Waals surface area contributed by atoms with E-state index in [2.05, 4.69) is 9.80 Å². The summed E-state index contributed by atoms with van der Waals surface area (Å²) in [6.07, 6.45) is 3.87. The maximum atomic E-state index is 13.0. The molecule has 27 heavy (non-hydrogen) atoms. The zero-order valence-electron chi connectivity index (χ0n) is 15.8. The van der Waals surface area contributed by atoms with E-state index in [-0.39, 0.29) is 10.6 Å². The number of piperidine rings is 1. The van der Waals surface area contributed by atoms with Crippen LogP contribution in [0.1, 0.15) is 24.8 Å². The van der Waals surface area contributed by atoms with Crippen LogP contribution in [0.3, 0.4) is 0 Å². The number of piperazine rings is 1. The van der Waals surface area contributed by atoms with Crippen molar-refractivity contribution in [1.82, 2.24) is 14.1 Å². The predicted octanol–water partition coefficient (Wildman–Crippen LogP) is 1.70. The summed E-state index contributed by atoms with van der Waals surface area (Å²) in [5.41, 5.74) is 0.340. The number of likely N-dealkylation sites (tertiary alicyclic amines) is 1. The zero-order valence-corrected chi connectivity index (χ0v) is 16.7. The van der Waals surface area contributed by atoms with Gasteiger partial charge in [0, 0.05) is 51.4 Å². The molecule has 1 aromatic rings. The molecule has 2 aliphatic heterocycles. The fourth-order valence-electron chi connectivity index (χ4n) is 3.78. The first-order chi connectivity index (χ1) is 12.9. The molecule has 2 fully saturated rings. The van der Waals surface area contributed by atoms with Crippen LogP contribution in [0.15, 0.2) is 23.1 Å². The van der Waals surface area contributed by atoms with E-state index >= 15 is 0 Å². The summed E-state index contributed by atoms with van der Waals surface area (Å²) in [5.74, 6) is 0. The van der Waals surface area contributed by atoms with Gasteiger partial charge in [0.05, 0.1) is 9.82 Å². The fourth-order valence-corrected chi connectivity index (χ4v) is 5.45. The second-order valence-corrected chi connectivity index (χ2v) is 9.26. The Kier molecular flexibility index (Phi) is 6.46. The number of non-ortho nitro benzene ring substituents is 1. The van der Waals surface area contributed by atoms with Crippen LogP contribution in [0.2, 0.25) is 0 Å². The molecule has 150 valence electrons. The van der Waals surface area contributed by atoms with Gasteiger partial charge in [0.25, 0.3) is 5.69 Å². The Morgan fingerprint density at radius 2 is 1.56 bits per heavy atom. The molecule has 0 atom stereocenters. The monoisotopic (exact) mass is 396 g/mol. The Bertz CT molecular complexity index is 770. The molecule has 0 bridgehead atoms. The van der Waals surface area contributed by atoms with E-state index in [1.165, 1.54) is 54.9 Å². The van der Waals surface area contributed by atoms with Crippen LogP contribution in [-0.4, -0.2) is 79.8 Å². The van der Waals surface area contributed by atoms with Crippen LogP contribution in [-0.2, 0) is 10.0 Å². The van der Waals surface area contributed by atoms with E-state index in [0.29, 0.717) is 31.7 Å². The normalized spacial score (nSPS) is 20.6. The first kappa shape index (κ1) is 20.2. The molecule has 9 heteroatoms. The van der Waals surface area contributed by atoms with Crippen molar-refractivity contribution in [3.8, 4) is 0 Å². The quantitative estimate of drug-likeness (QED) is 0.537. The third-order valence-electron chi connectivity index (χ3n) is 5.51. The van der Waals surface area contributed by atoms with Crippen molar-refractivity contribution in [2.24, 2.45) is 0 Å². The lowest BCUT2D eigenvalue weighted by atomic mass is 10.1. The number of aryl methyl sites for hydroxylation is 1. The van der Waals surface area contributed by atoms with Crippen LogP contribution in [0, 0.1) is 17.0 Å². The van der Waals surface area contributed by atoms with Gasteiger partial charge in [-0.05, 0) is 38.4 Å². The van der Waals surface area contributed by atoms with Crippen LogP contribution >= 0.6 is 0 Å². The van der Waals surface area contributed by atoms with Gasteiger partial charge in [-0.2, -0.15) is 4.31 Å². The van der Waals surface area contributed by atoms with Gasteiger partial charge < -0.3 is 4.90 Å². The standard InChI is InChI=1S/C18H28N4O4S/c1-16-5-6-17(22(23)24)15-18(16)27(25,26)21-13-11-20(12-14-21)10-9-19-7-3-2-4-8-19/h5-6,15H,2-4,7-14H2,1H3. The molecule has 0 saturated carbocycles. The molecule has 2 heterocycles. The third-order valence-corrected chi connectivity index (χ3v) is 7.55. The summed E-state index contributed by atoms with van der Waals surface area (Å²) in [6.45, 7) is 8.24. The fraction of sp³-hybridized carbons (Fsp3) is 0.667. The minimum atomic E-state index is -3.72. The Morgan fingerprint density at radius 3 is 2.15 bits per heavy atom. The maximum absolute atomic E-state index is 13.0. The molecule has 0 N–H and O–H groups in total. The number of hydrogen-bond acceptors (Lipinski definition) is 6. The number of nitrogens with zero attached hydrogens (tertiary/aromatic N) is 4. The first-order valence-electron chi connectivity index (χ1n) is 9.58. The van der Waals surface area contributed by atoms with E-state index in [0.717, 1.165) is 13.1 Å². The van der Waals surface area contributed by atoms with Gasteiger partial charge >= 0.3 is 0 Å². The summed E-state index contributed by atoms with van der Waals surface area (Å²) in [4.78, 5) is 15.3. The Balaban J connectivity index is 1.59. The van der Waals surface area contributed by atoms with E-state index < -0.39 is 14.9 Å². The number of hydrogen-bond donors (Lipinski definition) is 0. The second-order valence-electron chi connectivity index (χ2n) is 7.35. The van der Waals surface area contributed by atoms with Crippen LogP contribution in [0.5, 0.6) is 0 Å². The highest BCUT2D eigenvalue weighted by Crippen LogP contribution is 2.25. The van der Waals surface area contributed by atoms with Gasteiger partial charge in [0.1, 0.15) is 0 Å². The summed E-state index contributed by atoms with van der Waals surface area (Å²) in [5, 5.41) is 11.0. The van der Waals surface area contributed by atoms with Crippen molar-refractivity contribution in [2.75, 3.05) is 52.4 Å². The average Bonchev–Trinajstić information content (AvgIpc) is 2.67. The minimum Gasteiger partial charge on any atom is -0.302 e. The lowest BCUT2D eigenvalue weighted by Crippen LogP contribution is -2.50. The van der Waals surface area contributed by atoms with Crippen molar-refractivity contribution in [1.29, 1.82) is 0 Å². The second kappa shape index (κ2) is 8.64. The van der Waals surface area contributed by atoms with E-state index in [4.69, 9.17) is 0 Å². The molecule has 0 unspecified atom stereocenters. The lowest BCUT2D eigenvalue weighted by molar-refractivity contribution is -0.385. The zero-order chi connectivity index (χ0) is 19.4. The minimum absolute atomic E-state index is 0.0402. The Morgan fingerprint density at radius 1 is 0.963 bits per heavy atom. The van der Waals surface area contributed by atoms with E-state index in [9.17, 15) is 18.5 Å². The van der Waals surface area contributed by atoms with Gasteiger partial charge in [0.2, 0.25) is 10.0 Å². The molecule has 3 rings (SSSR count). The molecule has 1 aromatic carbocycles. The highest BCUT2D eigenvalue weighted by atomic mass is 32.2. The third kappa shape index (κ3) is 4.84. The SMILES string of the molecule is Cc1ccc([N+](=O)[O-])cc1S(=O)(=O)N1CCN(CCN2CCCCC2)CC1. The molecular formula is C18H28N4O4S. The number of rotatable bonds is 6. The molecule has 8 nitrogen and oxygen atoms in total.